The van der Waals surface area contributed by atoms with Crippen molar-refractivity contribution >= 4 is 29.4 Å². The first-order valence-corrected chi connectivity index (χ1v) is 13.5. The van der Waals surface area contributed by atoms with Gasteiger partial charge in [-0.1, -0.05) is 18.2 Å². The second-order valence-electron chi connectivity index (χ2n) is 10.2. The number of carbonyl (C=O) groups is 5. The van der Waals surface area contributed by atoms with Crippen LogP contribution in [0.25, 0.3) is 11.1 Å². The summed E-state index contributed by atoms with van der Waals surface area (Å²) >= 11 is 0. The molecule has 0 radical (unpaired) electrons. The Hall–Kier alpha value is -4.09. The normalized spacial score (nSPS) is 15.9. The maximum absolute atomic E-state index is 13.2. The lowest BCUT2D eigenvalue weighted by molar-refractivity contribution is -0.141. The minimum atomic E-state index is -0.917. The summed E-state index contributed by atoms with van der Waals surface area (Å²) in [4.78, 5) is 61.4. The number of nitrogens with one attached hydrogen (secondary N) is 1. The average molecular weight is 569 g/mol. The molecule has 0 fully saturated rings. The Bertz CT molecular complexity index is 1310. The number of amides is 2. The third-order valence-electron chi connectivity index (χ3n) is 7.33. The molecule has 0 bridgehead atoms. The first kappa shape index (κ1) is 31.4. The van der Waals surface area contributed by atoms with Crippen LogP contribution in [-0.2, 0) is 25.5 Å². The molecular weight excluding hydrogens is 532 g/mol. The van der Waals surface area contributed by atoms with Crippen molar-refractivity contribution in [2.24, 2.45) is 23.5 Å². The molecule has 1 aliphatic carbocycles. The van der Waals surface area contributed by atoms with Gasteiger partial charge >= 0.3 is 5.97 Å². The number of esters is 1. The molecular formula is C30H36N2O9. The Balaban J connectivity index is 1.90. The molecule has 11 heteroatoms. The lowest BCUT2D eigenvalue weighted by Crippen LogP contribution is -2.33. The van der Waals surface area contributed by atoms with Crippen molar-refractivity contribution < 1.29 is 44.0 Å². The monoisotopic (exact) mass is 568 g/mol. The van der Waals surface area contributed by atoms with E-state index in [-0.39, 0.29) is 61.2 Å². The van der Waals surface area contributed by atoms with Crippen molar-refractivity contribution in [2.45, 2.75) is 39.0 Å². The topological polar surface area (TPSA) is 193 Å². The Kier molecular flexibility index (Phi) is 11.1. The molecule has 0 saturated heterocycles. The summed E-state index contributed by atoms with van der Waals surface area (Å²) in [6.07, 6.45) is 0.413. The highest BCUT2D eigenvalue weighted by Gasteiger charge is 2.35. The van der Waals surface area contributed by atoms with Gasteiger partial charge in [0.05, 0.1) is 25.2 Å². The second-order valence-corrected chi connectivity index (χ2v) is 10.2. The Labute approximate surface area is 237 Å². The summed E-state index contributed by atoms with van der Waals surface area (Å²) in [6.45, 7) is 0.803. The molecule has 0 saturated carbocycles. The minimum absolute atomic E-state index is 0.0877. The van der Waals surface area contributed by atoms with E-state index in [9.17, 15) is 39.3 Å². The fourth-order valence-electron chi connectivity index (χ4n) is 5.51. The van der Waals surface area contributed by atoms with E-state index < -0.39 is 48.4 Å². The molecule has 3 atom stereocenters. The van der Waals surface area contributed by atoms with Gasteiger partial charge < -0.3 is 31.1 Å². The van der Waals surface area contributed by atoms with E-state index in [0.717, 1.165) is 0 Å². The summed E-state index contributed by atoms with van der Waals surface area (Å²) in [5.74, 6) is -4.51. The van der Waals surface area contributed by atoms with Crippen LogP contribution in [-0.4, -0.2) is 71.0 Å². The fraction of sp³-hybridized carbons (Fsp3) is 0.433. The van der Waals surface area contributed by atoms with Gasteiger partial charge in [0.15, 0.2) is 5.78 Å². The Morgan fingerprint density at radius 1 is 1.12 bits per heavy atom. The number of phenols is 1. The molecule has 0 aromatic heterocycles. The zero-order chi connectivity index (χ0) is 30.1. The number of benzene rings is 2. The van der Waals surface area contributed by atoms with E-state index in [0.29, 0.717) is 29.5 Å². The van der Waals surface area contributed by atoms with Crippen LogP contribution in [0.3, 0.4) is 0 Å². The first-order valence-electron chi connectivity index (χ1n) is 13.5. The molecule has 6 N–H and O–H groups in total. The number of phenolic OH excluding ortho intramolecular Hbond substituents is 1. The molecule has 0 heterocycles. The van der Waals surface area contributed by atoms with Crippen LogP contribution in [0.5, 0.6) is 5.75 Å². The number of carbonyl (C=O) groups excluding carboxylic acids is 5. The first-order chi connectivity index (χ1) is 19.6. The number of aromatic hydroxyl groups is 1. The smallest absolute Gasteiger partial charge is 0.325 e. The zero-order valence-electron chi connectivity index (χ0n) is 22.9. The van der Waals surface area contributed by atoms with E-state index in [4.69, 9.17) is 10.5 Å². The van der Waals surface area contributed by atoms with Crippen LogP contribution < -0.4 is 11.1 Å². The highest BCUT2D eigenvalue weighted by atomic mass is 16.5. The van der Waals surface area contributed by atoms with Gasteiger partial charge in [0.1, 0.15) is 18.1 Å². The Morgan fingerprint density at radius 2 is 1.88 bits per heavy atom. The number of nitrogens with two attached hydrogens (primary N) is 1. The number of ketones is 2. The van der Waals surface area contributed by atoms with Crippen molar-refractivity contribution in [1.82, 2.24) is 5.32 Å². The largest absolute Gasteiger partial charge is 0.507 e. The van der Waals surface area contributed by atoms with E-state index in [2.05, 4.69) is 5.32 Å². The van der Waals surface area contributed by atoms with E-state index >= 15 is 0 Å². The standard InChI is InChI=1S/C30H36N2O9/c1-2-41-28(39)15-32-30(40)20-5-3-4-18(13-20)21-6-7-24(35)29-22(21)11-17(12-26(29)37)10-19(8-9-33)23(16-34)25(36)14-27(31)38/h3-7,13,17,19,23,33-35H,2,8-12,14-16H2,1H3,(H2,31,38)(H,32,40). The average Bonchev–Trinajstić information content (AvgIpc) is 2.92. The number of fused-ring (bicyclic) bond motifs is 1. The van der Waals surface area contributed by atoms with Crippen LogP contribution in [0, 0.1) is 17.8 Å². The minimum Gasteiger partial charge on any atom is -0.507 e. The maximum atomic E-state index is 13.2. The van der Waals surface area contributed by atoms with Crippen molar-refractivity contribution in [1.29, 1.82) is 0 Å². The van der Waals surface area contributed by atoms with Gasteiger partial charge in [0.2, 0.25) is 5.91 Å². The van der Waals surface area contributed by atoms with Crippen molar-refractivity contribution in [3.05, 3.63) is 53.1 Å². The molecule has 2 aromatic carbocycles. The van der Waals surface area contributed by atoms with Crippen molar-refractivity contribution in [3.63, 3.8) is 0 Å². The summed E-state index contributed by atoms with van der Waals surface area (Å²) in [7, 11) is 0. The van der Waals surface area contributed by atoms with Gasteiger partial charge in [0.25, 0.3) is 5.91 Å². The van der Waals surface area contributed by atoms with Crippen LogP contribution in [0.2, 0.25) is 0 Å². The summed E-state index contributed by atoms with van der Waals surface area (Å²) < 4.78 is 4.83. The Morgan fingerprint density at radius 3 is 2.54 bits per heavy atom. The number of rotatable bonds is 14. The number of hydrogen-bond donors (Lipinski definition) is 5. The molecule has 2 aromatic rings. The SMILES string of the molecule is CCOC(=O)CNC(=O)c1cccc(-c2ccc(O)c3c2CC(CC(CCO)C(CO)C(=O)CC(N)=O)CC3=O)c1. The number of aliphatic hydroxyl groups is 2. The quantitative estimate of drug-likeness (QED) is 0.166. The predicted octanol–water partition coefficient (Wildman–Crippen LogP) is 1.54. The maximum Gasteiger partial charge on any atom is 0.325 e. The molecule has 0 spiro atoms. The number of hydrogen-bond acceptors (Lipinski definition) is 9. The highest BCUT2D eigenvalue weighted by Crippen LogP contribution is 2.41. The summed E-state index contributed by atoms with van der Waals surface area (Å²) in [5, 5.41) is 32.6. The van der Waals surface area contributed by atoms with Gasteiger partial charge in [-0.2, -0.15) is 0 Å². The molecule has 2 amide bonds. The van der Waals surface area contributed by atoms with Crippen molar-refractivity contribution in [2.75, 3.05) is 26.4 Å². The van der Waals surface area contributed by atoms with Gasteiger partial charge in [-0.05, 0) is 72.9 Å². The third-order valence-corrected chi connectivity index (χ3v) is 7.33. The molecule has 220 valence electrons. The summed E-state index contributed by atoms with van der Waals surface area (Å²) in [6, 6.07) is 9.74. The molecule has 3 unspecified atom stereocenters. The van der Waals surface area contributed by atoms with E-state index in [1.807, 2.05) is 0 Å². The third kappa shape index (κ3) is 7.99. The number of primary amides is 1. The van der Waals surface area contributed by atoms with Crippen molar-refractivity contribution in [3.8, 4) is 16.9 Å². The second kappa shape index (κ2) is 14.5. The molecule has 0 aliphatic heterocycles. The van der Waals surface area contributed by atoms with Crippen LogP contribution in [0.1, 0.15) is 58.9 Å². The summed E-state index contributed by atoms with van der Waals surface area (Å²) in [5.41, 5.74) is 7.49. The molecule has 3 rings (SSSR count). The van der Waals surface area contributed by atoms with Crippen LogP contribution in [0.15, 0.2) is 36.4 Å². The number of Topliss-reactive ketones (excluding diaryl/α,β-unsaturated/α-hetero) is 2. The fourth-order valence-corrected chi connectivity index (χ4v) is 5.51. The van der Waals surface area contributed by atoms with Gasteiger partial charge in [-0.15, -0.1) is 0 Å². The lowest BCUT2D eigenvalue weighted by Gasteiger charge is -2.31. The molecule has 41 heavy (non-hydrogen) atoms. The van der Waals surface area contributed by atoms with Crippen LogP contribution >= 0.6 is 0 Å². The molecule has 11 nitrogen and oxygen atoms in total. The lowest BCUT2D eigenvalue weighted by atomic mass is 9.72. The van der Waals surface area contributed by atoms with Gasteiger partial charge in [-0.3, -0.25) is 24.0 Å². The van der Waals surface area contributed by atoms with Gasteiger partial charge in [0, 0.05) is 24.5 Å². The van der Waals surface area contributed by atoms with Gasteiger partial charge in [-0.25, -0.2) is 0 Å². The highest BCUT2D eigenvalue weighted by molar-refractivity contribution is 6.03. The van der Waals surface area contributed by atoms with E-state index in [1.165, 1.54) is 6.07 Å². The van der Waals surface area contributed by atoms with E-state index in [1.54, 1.807) is 37.3 Å². The molecule has 1 aliphatic rings. The zero-order valence-corrected chi connectivity index (χ0v) is 22.9. The predicted molar refractivity (Wildman–Crippen MR) is 148 cm³/mol. The van der Waals surface area contributed by atoms with Crippen LogP contribution in [0.4, 0.5) is 0 Å². The number of ether oxygens (including phenoxy) is 1. The number of aliphatic hydroxyl groups excluding tert-OH is 2.